The second-order valence-corrected chi connectivity index (χ2v) is 4.74. The van der Waals surface area contributed by atoms with Crippen molar-refractivity contribution < 1.29 is 0 Å². The van der Waals surface area contributed by atoms with Gasteiger partial charge in [0.1, 0.15) is 0 Å². The summed E-state index contributed by atoms with van der Waals surface area (Å²) in [7, 11) is 0. The number of rotatable bonds is 5. The van der Waals surface area contributed by atoms with Crippen LogP contribution in [0.15, 0.2) is 42.6 Å². The van der Waals surface area contributed by atoms with Gasteiger partial charge in [-0.1, -0.05) is 23.7 Å². The maximum atomic E-state index is 5.86. The molecule has 0 aliphatic carbocycles. The predicted octanol–water partition coefficient (Wildman–Crippen LogP) is 3.39. The minimum Gasteiger partial charge on any atom is -0.364 e. The topological polar surface area (TPSA) is 27.8 Å². The molecule has 0 fully saturated rings. The van der Waals surface area contributed by atoms with E-state index in [0.29, 0.717) is 6.04 Å². The quantitative estimate of drug-likeness (QED) is 0.834. The maximum Gasteiger partial charge on any atom is 0.0406 e. The predicted molar refractivity (Wildman–Crippen MR) is 72.3 cm³/mol. The minimum atomic E-state index is 0.444. The molecule has 0 bridgehead atoms. The summed E-state index contributed by atoms with van der Waals surface area (Å²) in [5.41, 5.74) is 2.52. The van der Waals surface area contributed by atoms with Gasteiger partial charge in [-0.25, -0.2) is 0 Å². The molecule has 0 aliphatic heterocycles. The molecule has 17 heavy (non-hydrogen) atoms. The van der Waals surface area contributed by atoms with Crippen LogP contribution >= 0.6 is 11.6 Å². The van der Waals surface area contributed by atoms with Gasteiger partial charge in [0.15, 0.2) is 0 Å². The maximum absolute atomic E-state index is 5.86. The van der Waals surface area contributed by atoms with Crippen molar-refractivity contribution in [1.82, 2.24) is 10.3 Å². The molecule has 1 heterocycles. The first-order valence-electron chi connectivity index (χ1n) is 5.84. The van der Waals surface area contributed by atoms with Gasteiger partial charge in [0.2, 0.25) is 0 Å². The lowest BCUT2D eigenvalue weighted by atomic mass is 10.1. The molecule has 1 aromatic heterocycles. The number of hydrogen-bond acceptors (Lipinski definition) is 1. The van der Waals surface area contributed by atoms with Crippen LogP contribution in [0, 0.1) is 0 Å². The number of aromatic amines is 1. The van der Waals surface area contributed by atoms with Crippen molar-refractivity contribution in [2.24, 2.45) is 0 Å². The van der Waals surface area contributed by atoms with Gasteiger partial charge in [-0.2, -0.15) is 0 Å². The minimum absolute atomic E-state index is 0.444. The lowest BCUT2D eigenvalue weighted by molar-refractivity contribution is 0.541. The van der Waals surface area contributed by atoms with Gasteiger partial charge in [-0.3, -0.25) is 0 Å². The molecular formula is C14H17ClN2. The van der Waals surface area contributed by atoms with Crippen molar-refractivity contribution in [3.63, 3.8) is 0 Å². The van der Waals surface area contributed by atoms with Crippen LogP contribution in [0.2, 0.25) is 5.02 Å². The molecule has 2 aromatic rings. The summed E-state index contributed by atoms with van der Waals surface area (Å²) in [6.07, 6.45) is 2.96. The molecule has 0 saturated heterocycles. The van der Waals surface area contributed by atoms with E-state index in [1.54, 1.807) is 0 Å². The SMILES string of the molecule is CC(Cc1ccc(Cl)cc1)NCc1ccc[nH]1. The Morgan fingerprint density at radius 2 is 2.00 bits per heavy atom. The van der Waals surface area contributed by atoms with Crippen LogP contribution in [0.5, 0.6) is 0 Å². The number of H-pyrrole nitrogens is 1. The molecule has 1 atom stereocenters. The fourth-order valence-electron chi connectivity index (χ4n) is 1.81. The third-order valence-corrected chi connectivity index (χ3v) is 3.01. The van der Waals surface area contributed by atoms with Crippen molar-refractivity contribution in [2.45, 2.75) is 25.9 Å². The number of hydrogen-bond donors (Lipinski definition) is 2. The van der Waals surface area contributed by atoms with Gasteiger partial charge < -0.3 is 10.3 Å². The van der Waals surface area contributed by atoms with Crippen LogP contribution in [0.3, 0.4) is 0 Å². The average Bonchev–Trinajstić information content (AvgIpc) is 2.83. The van der Waals surface area contributed by atoms with Gasteiger partial charge in [-0.15, -0.1) is 0 Å². The number of aromatic nitrogens is 1. The Bertz CT molecular complexity index is 434. The summed E-state index contributed by atoms with van der Waals surface area (Å²) in [6, 6.07) is 12.6. The molecule has 2 N–H and O–H groups in total. The Hall–Kier alpha value is -1.25. The highest BCUT2D eigenvalue weighted by Gasteiger charge is 2.03. The zero-order chi connectivity index (χ0) is 12.1. The van der Waals surface area contributed by atoms with E-state index in [1.807, 2.05) is 24.4 Å². The summed E-state index contributed by atoms with van der Waals surface area (Å²) in [6.45, 7) is 3.07. The Kier molecular flexibility index (Phi) is 4.24. The first-order valence-corrected chi connectivity index (χ1v) is 6.22. The summed E-state index contributed by atoms with van der Waals surface area (Å²) in [5, 5.41) is 4.28. The molecule has 1 unspecified atom stereocenters. The van der Waals surface area contributed by atoms with Gasteiger partial charge in [-0.05, 0) is 43.2 Å². The summed E-state index contributed by atoms with van der Waals surface area (Å²) in [4.78, 5) is 3.18. The van der Waals surface area contributed by atoms with E-state index < -0.39 is 0 Å². The van der Waals surface area contributed by atoms with Crippen LogP contribution in [-0.2, 0) is 13.0 Å². The Balaban J connectivity index is 1.80. The molecule has 2 rings (SSSR count). The Morgan fingerprint density at radius 3 is 2.65 bits per heavy atom. The summed E-state index contributed by atoms with van der Waals surface area (Å²) in [5.74, 6) is 0. The summed E-state index contributed by atoms with van der Waals surface area (Å²) >= 11 is 5.86. The second-order valence-electron chi connectivity index (χ2n) is 4.31. The largest absolute Gasteiger partial charge is 0.364 e. The molecule has 1 aromatic carbocycles. The lowest BCUT2D eigenvalue weighted by Crippen LogP contribution is -2.27. The standard InChI is InChI=1S/C14H17ClN2/c1-11(17-10-14-3-2-8-16-14)9-12-4-6-13(15)7-5-12/h2-8,11,16-17H,9-10H2,1H3. The monoisotopic (exact) mass is 248 g/mol. The second kappa shape index (κ2) is 5.89. The van der Waals surface area contributed by atoms with Crippen LogP contribution in [-0.4, -0.2) is 11.0 Å². The van der Waals surface area contributed by atoms with Crippen molar-refractivity contribution in [1.29, 1.82) is 0 Å². The van der Waals surface area contributed by atoms with Crippen molar-refractivity contribution in [3.05, 3.63) is 58.9 Å². The molecule has 90 valence electrons. The van der Waals surface area contributed by atoms with Crippen LogP contribution in [0.1, 0.15) is 18.2 Å². The van der Waals surface area contributed by atoms with Gasteiger partial charge in [0, 0.05) is 29.5 Å². The fraction of sp³-hybridized carbons (Fsp3) is 0.286. The van der Waals surface area contributed by atoms with Gasteiger partial charge in [0.25, 0.3) is 0 Å². The number of benzene rings is 1. The first-order chi connectivity index (χ1) is 8.24. The molecular weight excluding hydrogens is 232 g/mol. The van der Waals surface area contributed by atoms with E-state index in [2.05, 4.69) is 35.4 Å². The molecule has 0 aliphatic rings. The molecule has 0 amide bonds. The molecule has 2 nitrogen and oxygen atoms in total. The van der Waals surface area contributed by atoms with Gasteiger partial charge >= 0.3 is 0 Å². The highest BCUT2D eigenvalue weighted by atomic mass is 35.5. The van der Waals surface area contributed by atoms with Gasteiger partial charge in [0.05, 0.1) is 0 Å². The normalized spacial score (nSPS) is 12.6. The molecule has 0 saturated carbocycles. The van der Waals surface area contributed by atoms with Crippen molar-refractivity contribution in [3.8, 4) is 0 Å². The Morgan fingerprint density at radius 1 is 1.24 bits per heavy atom. The van der Waals surface area contributed by atoms with E-state index in [-0.39, 0.29) is 0 Å². The molecule has 0 spiro atoms. The highest BCUT2D eigenvalue weighted by Crippen LogP contribution is 2.11. The van der Waals surface area contributed by atoms with E-state index in [4.69, 9.17) is 11.6 Å². The third kappa shape index (κ3) is 3.91. The fourth-order valence-corrected chi connectivity index (χ4v) is 1.93. The zero-order valence-electron chi connectivity index (χ0n) is 9.91. The average molecular weight is 249 g/mol. The zero-order valence-corrected chi connectivity index (χ0v) is 10.7. The van der Waals surface area contributed by atoms with E-state index >= 15 is 0 Å². The van der Waals surface area contributed by atoms with Crippen molar-refractivity contribution >= 4 is 11.6 Å². The van der Waals surface area contributed by atoms with Crippen LogP contribution in [0.25, 0.3) is 0 Å². The smallest absolute Gasteiger partial charge is 0.0406 e. The third-order valence-electron chi connectivity index (χ3n) is 2.76. The number of halogens is 1. The van der Waals surface area contributed by atoms with E-state index in [0.717, 1.165) is 18.0 Å². The van der Waals surface area contributed by atoms with E-state index in [1.165, 1.54) is 11.3 Å². The van der Waals surface area contributed by atoms with E-state index in [9.17, 15) is 0 Å². The lowest BCUT2D eigenvalue weighted by Gasteiger charge is -2.13. The van der Waals surface area contributed by atoms with Crippen LogP contribution < -0.4 is 5.32 Å². The highest BCUT2D eigenvalue weighted by molar-refractivity contribution is 6.30. The number of nitrogens with one attached hydrogen (secondary N) is 2. The molecule has 0 radical (unpaired) electrons. The first kappa shape index (κ1) is 12.2. The Labute approximate surface area is 107 Å². The van der Waals surface area contributed by atoms with Crippen molar-refractivity contribution in [2.75, 3.05) is 0 Å². The summed E-state index contributed by atoms with van der Waals surface area (Å²) < 4.78 is 0. The van der Waals surface area contributed by atoms with Crippen LogP contribution in [0.4, 0.5) is 0 Å². The molecule has 3 heteroatoms.